The van der Waals surface area contributed by atoms with Gasteiger partial charge < -0.3 is 4.42 Å². The van der Waals surface area contributed by atoms with Gasteiger partial charge in [0.25, 0.3) is 5.91 Å². The summed E-state index contributed by atoms with van der Waals surface area (Å²) in [6.07, 6.45) is 4.95. The topological polar surface area (TPSA) is 73.0 Å². The quantitative estimate of drug-likeness (QED) is 0.508. The third-order valence-electron chi connectivity index (χ3n) is 6.69. The second-order valence-electron chi connectivity index (χ2n) is 10.0. The molecule has 0 saturated carbocycles. The average molecular weight is 453 g/mol. The number of carbonyl (C=O) groups is 1. The molecule has 0 radical (unpaired) electrons. The van der Waals surface area contributed by atoms with Crippen molar-refractivity contribution in [2.75, 3.05) is 11.6 Å². The standard InChI is InChI=1S/C25H32N4O2S/c1-15-12-18-19(25(4,5)11-10-24(18,2)3)14-16(15)13-17-8-9-20(31-17)21(30)26-22-27-23(32-7)29(6)28-22/h8-9,12,14H,10-11,13H2,1-7H3,(H,26,28,30). The molecule has 0 saturated heterocycles. The molecule has 170 valence electrons. The number of aryl methyl sites for hydroxylation is 2. The van der Waals surface area contributed by atoms with Crippen molar-refractivity contribution >= 4 is 23.6 Å². The molecule has 0 atom stereocenters. The Balaban J connectivity index is 1.55. The van der Waals surface area contributed by atoms with Gasteiger partial charge in [0.1, 0.15) is 5.76 Å². The molecule has 32 heavy (non-hydrogen) atoms. The second-order valence-corrected chi connectivity index (χ2v) is 10.8. The highest BCUT2D eigenvalue weighted by Crippen LogP contribution is 2.46. The van der Waals surface area contributed by atoms with Crippen LogP contribution in [0.25, 0.3) is 0 Å². The fourth-order valence-corrected chi connectivity index (χ4v) is 4.99. The largest absolute Gasteiger partial charge is 0.456 e. The number of furan rings is 1. The summed E-state index contributed by atoms with van der Waals surface area (Å²) in [6, 6.07) is 8.31. The fourth-order valence-electron chi connectivity index (χ4n) is 4.50. The Morgan fingerprint density at radius 1 is 1.16 bits per heavy atom. The number of rotatable bonds is 5. The van der Waals surface area contributed by atoms with Crippen LogP contribution in [0.4, 0.5) is 5.95 Å². The Morgan fingerprint density at radius 2 is 1.81 bits per heavy atom. The van der Waals surface area contributed by atoms with Crippen molar-refractivity contribution in [1.29, 1.82) is 0 Å². The summed E-state index contributed by atoms with van der Waals surface area (Å²) < 4.78 is 7.53. The number of fused-ring (bicyclic) bond motifs is 1. The van der Waals surface area contributed by atoms with Crippen LogP contribution in [0.3, 0.4) is 0 Å². The van der Waals surface area contributed by atoms with E-state index >= 15 is 0 Å². The zero-order valence-electron chi connectivity index (χ0n) is 20.0. The van der Waals surface area contributed by atoms with Crippen LogP contribution in [0, 0.1) is 6.92 Å². The summed E-state index contributed by atoms with van der Waals surface area (Å²) >= 11 is 1.47. The summed E-state index contributed by atoms with van der Waals surface area (Å²) in [4.78, 5) is 16.9. The minimum Gasteiger partial charge on any atom is -0.456 e. The highest BCUT2D eigenvalue weighted by Gasteiger charge is 2.37. The van der Waals surface area contributed by atoms with E-state index < -0.39 is 0 Å². The number of hydrogen-bond donors (Lipinski definition) is 1. The molecule has 0 fully saturated rings. The van der Waals surface area contributed by atoms with Crippen LogP contribution < -0.4 is 5.32 Å². The minimum atomic E-state index is -0.348. The zero-order chi connectivity index (χ0) is 23.3. The average Bonchev–Trinajstić information content (AvgIpc) is 3.33. The van der Waals surface area contributed by atoms with Crippen molar-refractivity contribution in [3.8, 4) is 0 Å². The summed E-state index contributed by atoms with van der Waals surface area (Å²) in [5.74, 6) is 0.954. The van der Waals surface area contributed by atoms with Gasteiger partial charge in [0, 0.05) is 13.5 Å². The Hall–Kier alpha value is -2.54. The highest BCUT2D eigenvalue weighted by molar-refractivity contribution is 7.98. The first-order valence-electron chi connectivity index (χ1n) is 11.0. The van der Waals surface area contributed by atoms with Crippen molar-refractivity contribution < 1.29 is 9.21 Å². The molecular formula is C25H32N4O2S. The Bertz CT molecular complexity index is 1170. The lowest BCUT2D eigenvalue weighted by Gasteiger charge is -2.42. The SMILES string of the molecule is CSc1nc(NC(=O)c2ccc(Cc3cc4c(cc3C)C(C)(C)CCC4(C)C)o2)nn1C. The van der Waals surface area contributed by atoms with Crippen LogP contribution in [0.15, 0.2) is 33.8 Å². The molecule has 1 N–H and O–H groups in total. The molecule has 0 bridgehead atoms. The molecule has 1 amide bonds. The van der Waals surface area contributed by atoms with E-state index in [0.717, 1.165) is 10.9 Å². The molecule has 1 aromatic carbocycles. The first-order chi connectivity index (χ1) is 15.0. The van der Waals surface area contributed by atoms with E-state index in [1.165, 1.54) is 46.9 Å². The van der Waals surface area contributed by atoms with Crippen LogP contribution in [-0.2, 0) is 24.3 Å². The smallest absolute Gasteiger partial charge is 0.293 e. The first-order valence-corrected chi connectivity index (χ1v) is 12.2. The molecule has 1 aliphatic rings. The van der Waals surface area contributed by atoms with Crippen molar-refractivity contribution in [3.05, 3.63) is 58.0 Å². The summed E-state index contributed by atoms with van der Waals surface area (Å²) in [5.41, 5.74) is 5.75. The normalized spacial score (nSPS) is 16.6. The Labute approximate surface area is 194 Å². The lowest BCUT2D eigenvalue weighted by Crippen LogP contribution is -2.34. The number of aromatic nitrogens is 3. The van der Waals surface area contributed by atoms with E-state index in [1.807, 2.05) is 12.3 Å². The molecule has 2 heterocycles. The van der Waals surface area contributed by atoms with Crippen LogP contribution >= 0.6 is 11.8 Å². The lowest BCUT2D eigenvalue weighted by molar-refractivity contribution is 0.0994. The molecule has 7 heteroatoms. The number of hydrogen-bond acceptors (Lipinski definition) is 5. The van der Waals surface area contributed by atoms with E-state index in [9.17, 15) is 4.79 Å². The molecule has 0 unspecified atom stereocenters. The number of amides is 1. The predicted molar refractivity (Wildman–Crippen MR) is 129 cm³/mol. The van der Waals surface area contributed by atoms with E-state index in [-0.39, 0.29) is 28.4 Å². The van der Waals surface area contributed by atoms with Crippen molar-refractivity contribution in [1.82, 2.24) is 14.8 Å². The van der Waals surface area contributed by atoms with Gasteiger partial charge >= 0.3 is 0 Å². The number of carbonyl (C=O) groups excluding carboxylic acids is 1. The molecule has 6 nitrogen and oxygen atoms in total. The van der Waals surface area contributed by atoms with Crippen LogP contribution in [0.1, 0.15) is 79.1 Å². The number of thioether (sulfide) groups is 1. The van der Waals surface area contributed by atoms with Gasteiger partial charge in [0.05, 0.1) is 0 Å². The van der Waals surface area contributed by atoms with E-state index in [1.54, 1.807) is 17.8 Å². The van der Waals surface area contributed by atoms with Crippen molar-refractivity contribution in [3.63, 3.8) is 0 Å². The minimum absolute atomic E-state index is 0.160. The first kappa shape index (κ1) is 22.6. The molecule has 1 aliphatic carbocycles. The summed E-state index contributed by atoms with van der Waals surface area (Å²) in [6.45, 7) is 11.5. The molecule has 0 aliphatic heterocycles. The summed E-state index contributed by atoms with van der Waals surface area (Å²) in [5, 5.41) is 7.66. The van der Waals surface area contributed by atoms with Gasteiger partial charge in [-0.1, -0.05) is 51.6 Å². The van der Waals surface area contributed by atoms with Gasteiger partial charge in [-0.05, 0) is 71.2 Å². The highest BCUT2D eigenvalue weighted by atomic mass is 32.2. The van der Waals surface area contributed by atoms with Crippen molar-refractivity contribution in [2.45, 2.75) is 69.9 Å². The molecular weight excluding hydrogens is 420 g/mol. The third kappa shape index (κ3) is 4.22. The van der Waals surface area contributed by atoms with E-state index in [2.05, 4.69) is 62.2 Å². The Kier molecular flexibility index (Phi) is 5.74. The number of nitrogens with zero attached hydrogens (tertiary/aromatic N) is 3. The van der Waals surface area contributed by atoms with E-state index in [4.69, 9.17) is 4.42 Å². The van der Waals surface area contributed by atoms with Crippen LogP contribution in [-0.4, -0.2) is 26.9 Å². The maximum Gasteiger partial charge on any atom is 0.293 e. The van der Waals surface area contributed by atoms with Gasteiger partial charge in [0.2, 0.25) is 5.95 Å². The van der Waals surface area contributed by atoms with Crippen molar-refractivity contribution in [2.24, 2.45) is 7.05 Å². The van der Waals surface area contributed by atoms with Gasteiger partial charge in [0.15, 0.2) is 10.9 Å². The van der Waals surface area contributed by atoms with Gasteiger partial charge in [-0.3, -0.25) is 10.1 Å². The third-order valence-corrected chi connectivity index (χ3v) is 7.41. The van der Waals surface area contributed by atoms with Crippen LogP contribution in [0.2, 0.25) is 0 Å². The molecule has 2 aromatic heterocycles. The van der Waals surface area contributed by atoms with E-state index in [0.29, 0.717) is 6.42 Å². The predicted octanol–water partition coefficient (Wildman–Crippen LogP) is 5.63. The lowest BCUT2D eigenvalue weighted by atomic mass is 9.62. The van der Waals surface area contributed by atoms with Gasteiger partial charge in [-0.2, -0.15) is 4.98 Å². The number of benzene rings is 1. The second kappa shape index (κ2) is 8.10. The zero-order valence-corrected chi connectivity index (χ0v) is 20.8. The number of nitrogens with one attached hydrogen (secondary N) is 1. The molecule has 4 rings (SSSR count). The Morgan fingerprint density at radius 3 is 2.44 bits per heavy atom. The van der Waals surface area contributed by atoms with Gasteiger partial charge in [-0.25, -0.2) is 4.68 Å². The maximum atomic E-state index is 12.6. The maximum absolute atomic E-state index is 12.6. The number of anilines is 1. The molecule has 3 aromatic rings. The fraction of sp³-hybridized carbons (Fsp3) is 0.480. The van der Waals surface area contributed by atoms with Crippen LogP contribution in [0.5, 0.6) is 0 Å². The monoisotopic (exact) mass is 452 g/mol. The van der Waals surface area contributed by atoms with Gasteiger partial charge in [-0.15, -0.1) is 5.10 Å². The summed E-state index contributed by atoms with van der Waals surface area (Å²) in [7, 11) is 1.79. The molecule has 0 spiro atoms.